The fraction of sp³-hybridized carbons (Fsp3) is 1.00. The Morgan fingerprint density at radius 2 is 1.36 bits per heavy atom. The summed E-state index contributed by atoms with van der Waals surface area (Å²) < 4.78 is 6.25. The van der Waals surface area contributed by atoms with Crippen molar-refractivity contribution in [3.8, 4) is 0 Å². The zero-order valence-corrected chi connectivity index (χ0v) is 14.3. The van der Waals surface area contributed by atoms with Gasteiger partial charge in [-0.05, 0) is 0 Å². The minimum absolute atomic E-state index is 0.869. The van der Waals surface area contributed by atoms with Gasteiger partial charge in [0.15, 0.2) is 0 Å². The molecule has 0 saturated carbocycles. The number of hydrogen-bond donors (Lipinski definition) is 1. The fourth-order valence-corrected chi connectivity index (χ4v) is 21.3. The van der Waals surface area contributed by atoms with E-state index in [-0.39, 0.29) is 0 Å². The molecule has 0 rings (SSSR count). The van der Waals surface area contributed by atoms with Crippen molar-refractivity contribution in [3.63, 3.8) is 0 Å². The fourth-order valence-electron chi connectivity index (χ4n) is 2.48. The van der Waals surface area contributed by atoms with E-state index < -0.39 is 30.5 Å². The molecule has 4 heteroatoms. The predicted octanol–water partition coefficient (Wildman–Crippen LogP) is 3.54. The molecule has 0 atom stereocenters. The first-order valence-electron chi connectivity index (χ1n) is 5.84. The molecule has 1 nitrogen and oxygen atoms in total. The highest BCUT2D eigenvalue weighted by Gasteiger charge is 2.38. The van der Waals surface area contributed by atoms with Gasteiger partial charge in [0, 0.05) is 16.1 Å². The lowest BCUT2D eigenvalue weighted by atomic mass is 10.9. The summed E-state index contributed by atoms with van der Waals surface area (Å²) in [7, 11) is -1.97. The van der Waals surface area contributed by atoms with Gasteiger partial charge in [-0.25, -0.2) is 0 Å². The van der Waals surface area contributed by atoms with Crippen LogP contribution in [-0.2, 0) is 0 Å². The summed E-state index contributed by atoms with van der Waals surface area (Å²) in [5, 5.41) is 3.70. The zero-order valence-electron chi connectivity index (χ0n) is 11.1. The summed E-state index contributed by atoms with van der Waals surface area (Å²) in [6, 6.07) is 0. The Hall–Kier alpha value is 0.926. The van der Waals surface area contributed by atoms with E-state index in [4.69, 9.17) is 4.72 Å². The molecule has 0 aromatic carbocycles. The van der Waals surface area contributed by atoms with Gasteiger partial charge < -0.3 is 4.72 Å². The number of nitrogens with two attached hydrogens (primary N) is 1. The van der Waals surface area contributed by atoms with E-state index in [9.17, 15) is 0 Å². The highest BCUT2D eigenvalue weighted by atomic mass is 28.4. The first kappa shape index (κ1) is 14.9. The second kappa shape index (κ2) is 5.31. The SMILES string of the molecule is C[CH2][Al]([NH2])[CH2]C([Si](C)(C)C)[Si](C)(C)C. The molecule has 2 N–H and O–H groups in total. The second-order valence-electron chi connectivity index (χ2n) is 6.69. The topological polar surface area (TPSA) is 26.0 Å². The summed E-state index contributed by atoms with van der Waals surface area (Å²) in [6.07, 6.45) is 0. The van der Waals surface area contributed by atoms with E-state index in [2.05, 4.69) is 46.2 Å². The molecule has 0 amide bonds. The van der Waals surface area contributed by atoms with Crippen LogP contribution < -0.4 is 4.72 Å². The minimum Gasteiger partial charge on any atom is -0.413 e. The molecule has 0 aliphatic carbocycles. The van der Waals surface area contributed by atoms with Crippen LogP contribution in [0.2, 0.25) is 55.0 Å². The van der Waals surface area contributed by atoms with Crippen LogP contribution in [-0.4, -0.2) is 30.5 Å². The van der Waals surface area contributed by atoms with Crippen molar-refractivity contribution >= 4 is 30.5 Å². The Balaban J connectivity index is 4.59. The minimum atomic E-state index is -0.985. The molecule has 0 aromatic rings. The van der Waals surface area contributed by atoms with Crippen LogP contribution in [0.3, 0.4) is 0 Å². The first-order valence-corrected chi connectivity index (χ1v) is 15.3. The third-order valence-corrected chi connectivity index (χ3v) is 16.1. The van der Waals surface area contributed by atoms with Crippen LogP contribution in [0, 0.1) is 0 Å². The quantitative estimate of drug-likeness (QED) is 0.737. The van der Waals surface area contributed by atoms with Gasteiger partial charge in [-0.3, -0.25) is 0 Å². The van der Waals surface area contributed by atoms with Gasteiger partial charge in [0.05, 0.1) is 0 Å². The smallest absolute Gasteiger partial charge is 0.366 e. The van der Waals surface area contributed by atoms with Crippen molar-refractivity contribution in [1.82, 2.24) is 0 Å². The van der Waals surface area contributed by atoms with Gasteiger partial charge in [0.2, 0.25) is 0 Å². The lowest BCUT2D eigenvalue weighted by molar-refractivity contribution is 1.12. The molecular weight excluding hydrogens is 217 g/mol. The van der Waals surface area contributed by atoms with E-state index >= 15 is 0 Å². The molecule has 14 heavy (non-hydrogen) atoms. The normalized spacial score (nSPS) is 13.5. The summed E-state index contributed by atoms with van der Waals surface area (Å²) in [5.41, 5.74) is 0. The standard InChI is InChI=1S/C8H21Si2.C2H5.Al.H2N/c1-8(9(2,3)4)10(5,6)7;1-2;;/h8H,1H2,2-7H3;1H2,2H3;;1H2/q;;+1;-1. The number of hydrogen-bond acceptors (Lipinski definition) is 1. The number of rotatable bonds is 5. The van der Waals surface area contributed by atoms with E-state index in [0.29, 0.717) is 0 Å². The van der Waals surface area contributed by atoms with Crippen molar-refractivity contribution in [1.29, 1.82) is 0 Å². The van der Waals surface area contributed by atoms with Crippen LogP contribution in [0.5, 0.6) is 0 Å². The summed E-state index contributed by atoms with van der Waals surface area (Å²) in [6.45, 7) is 17.4. The molecule has 0 aromatic heterocycles. The molecule has 0 spiro atoms. The monoisotopic (exact) mass is 245 g/mol. The molecule has 84 valence electrons. The molecule has 0 aliphatic heterocycles. The molecule has 0 unspecified atom stereocenters. The molecule has 0 aliphatic rings. The Bertz CT molecular complexity index is 158. The van der Waals surface area contributed by atoms with Crippen molar-refractivity contribution < 1.29 is 0 Å². The van der Waals surface area contributed by atoms with E-state index in [1.54, 1.807) is 0 Å². The predicted molar refractivity (Wildman–Crippen MR) is 75.7 cm³/mol. The van der Waals surface area contributed by atoms with Gasteiger partial charge in [-0.15, -0.1) is 0 Å². The summed E-state index contributed by atoms with van der Waals surface area (Å²) >= 11 is -0.869. The summed E-state index contributed by atoms with van der Waals surface area (Å²) in [4.78, 5) is 0. The molecule has 0 saturated heterocycles. The van der Waals surface area contributed by atoms with Crippen LogP contribution in [0.15, 0.2) is 0 Å². The first-order chi connectivity index (χ1) is 6.09. The maximum atomic E-state index is 6.25. The average molecular weight is 245 g/mol. The van der Waals surface area contributed by atoms with E-state index in [1.165, 1.54) is 10.6 Å². The molecule has 0 radical (unpaired) electrons. The van der Waals surface area contributed by atoms with Crippen LogP contribution >= 0.6 is 0 Å². The van der Waals surface area contributed by atoms with Crippen molar-refractivity contribution in [2.45, 2.75) is 61.9 Å². The van der Waals surface area contributed by atoms with E-state index in [0.717, 1.165) is 5.16 Å². The van der Waals surface area contributed by atoms with Crippen LogP contribution in [0.1, 0.15) is 6.92 Å². The lowest BCUT2D eigenvalue weighted by Gasteiger charge is -2.39. The van der Waals surface area contributed by atoms with Crippen molar-refractivity contribution in [3.05, 3.63) is 0 Å². The Morgan fingerprint density at radius 1 is 1.00 bits per heavy atom. The van der Waals surface area contributed by atoms with Crippen LogP contribution in [0.25, 0.3) is 0 Å². The van der Waals surface area contributed by atoms with Gasteiger partial charge in [0.1, 0.15) is 0 Å². The third kappa shape index (κ3) is 5.13. The summed E-state index contributed by atoms with van der Waals surface area (Å²) in [5.74, 6) is 0. The van der Waals surface area contributed by atoms with Crippen molar-refractivity contribution in [2.75, 3.05) is 0 Å². The largest absolute Gasteiger partial charge is 0.413 e. The third-order valence-electron chi connectivity index (χ3n) is 3.15. The van der Waals surface area contributed by atoms with Gasteiger partial charge >= 0.3 is 14.4 Å². The van der Waals surface area contributed by atoms with Gasteiger partial charge in [-0.1, -0.05) is 61.9 Å². The molecule has 0 heterocycles. The average Bonchev–Trinajstić information content (AvgIpc) is 1.95. The van der Waals surface area contributed by atoms with Gasteiger partial charge in [0.25, 0.3) is 0 Å². The zero-order chi connectivity index (χ0) is 11.6. The Labute approximate surface area is 97.1 Å². The second-order valence-corrected chi connectivity index (χ2v) is 20.9. The lowest BCUT2D eigenvalue weighted by Crippen LogP contribution is -2.46. The highest BCUT2D eigenvalue weighted by molar-refractivity contribution is 6.97. The van der Waals surface area contributed by atoms with Gasteiger partial charge in [-0.2, -0.15) is 0 Å². The van der Waals surface area contributed by atoms with Crippen LogP contribution in [0.4, 0.5) is 0 Å². The molecular formula is C10H28AlNSi2. The van der Waals surface area contributed by atoms with Crippen molar-refractivity contribution in [2.24, 2.45) is 4.72 Å². The molecule has 0 fully saturated rings. The highest BCUT2D eigenvalue weighted by Crippen LogP contribution is 2.36. The Kier molecular flexibility index (Phi) is 5.67. The maximum absolute atomic E-state index is 6.25. The van der Waals surface area contributed by atoms with E-state index in [1.807, 2.05) is 0 Å². The molecule has 0 bridgehead atoms. The maximum Gasteiger partial charge on any atom is 0.366 e. The Morgan fingerprint density at radius 3 is 1.57 bits per heavy atom.